The van der Waals surface area contributed by atoms with E-state index in [1.54, 1.807) is 0 Å². The van der Waals surface area contributed by atoms with Gasteiger partial charge in [0.25, 0.3) is 0 Å². The molecule has 20 heavy (non-hydrogen) atoms. The van der Waals surface area contributed by atoms with Crippen LogP contribution in [0, 0.1) is 11.7 Å². The molecule has 1 aliphatic carbocycles. The van der Waals surface area contributed by atoms with Crippen LogP contribution in [0.15, 0.2) is 24.3 Å². The minimum absolute atomic E-state index is 0.0984. The van der Waals surface area contributed by atoms with E-state index in [9.17, 15) is 9.50 Å². The molecule has 106 valence electrons. The van der Waals surface area contributed by atoms with Crippen LogP contribution in [0.3, 0.4) is 0 Å². The summed E-state index contributed by atoms with van der Waals surface area (Å²) in [5.74, 6) is 0.954. The molecular formula is C15H18FN3O. The smallest absolute Gasteiger partial charge is 0.148 e. The van der Waals surface area contributed by atoms with Crippen LogP contribution < -0.4 is 5.32 Å². The summed E-state index contributed by atoms with van der Waals surface area (Å²) in [7, 11) is 0. The molecular weight excluding hydrogens is 257 g/mol. The number of anilines is 1. The maximum atomic E-state index is 13.4. The quantitative estimate of drug-likeness (QED) is 0.784. The van der Waals surface area contributed by atoms with Gasteiger partial charge in [-0.25, -0.2) is 4.39 Å². The van der Waals surface area contributed by atoms with Crippen molar-refractivity contribution in [1.29, 1.82) is 0 Å². The van der Waals surface area contributed by atoms with Crippen LogP contribution in [-0.4, -0.2) is 15.3 Å². The third kappa shape index (κ3) is 2.61. The van der Waals surface area contributed by atoms with Crippen molar-refractivity contribution >= 4 is 5.82 Å². The van der Waals surface area contributed by atoms with Crippen LogP contribution in [-0.2, 0) is 6.42 Å². The number of nitrogens with one attached hydrogen (secondary N) is 2. The van der Waals surface area contributed by atoms with Crippen LogP contribution in [0.4, 0.5) is 10.2 Å². The highest BCUT2D eigenvalue weighted by molar-refractivity contribution is 5.44. The summed E-state index contributed by atoms with van der Waals surface area (Å²) in [5.41, 5.74) is 1.65. The highest BCUT2D eigenvalue weighted by Gasteiger charge is 2.34. The van der Waals surface area contributed by atoms with Crippen molar-refractivity contribution < 1.29 is 9.50 Å². The van der Waals surface area contributed by atoms with E-state index in [2.05, 4.69) is 15.5 Å². The molecule has 1 aliphatic rings. The number of H-pyrrole nitrogens is 1. The van der Waals surface area contributed by atoms with Gasteiger partial charge in [-0.15, -0.1) is 0 Å². The number of nitrogens with zero attached hydrogens (tertiary/aromatic N) is 1. The molecule has 1 unspecified atom stereocenters. The van der Waals surface area contributed by atoms with Gasteiger partial charge >= 0.3 is 0 Å². The molecule has 0 radical (unpaired) electrons. The largest absolute Gasteiger partial charge is 0.508 e. The Morgan fingerprint density at radius 1 is 1.45 bits per heavy atom. The maximum Gasteiger partial charge on any atom is 0.148 e. The van der Waals surface area contributed by atoms with E-state index < -0.39 is 0 Å². The number of hydrogen-bond acceptors (Lipinski definition) is 3. The van der Waals surface area contributed by atoms with Gasteiger partial charge in [-0.3, -0.25) is 5.10 Å². The minimum atomic E-state index is -0.332. The van der Waals surface area contributed by atoms with Gasteiger partial charge in [0.15, 0.2) is 0 Å². The summed E-state index contributed by atoms with van der Waals surface area (Å²) < 4.78 is 13.4. The lowest BCUT2D eigenvalue weighted by atomic mass is 10.0. The lowest BCUT2D eigenvalue weighted by molar-refractivity contribution is 0.456. The van der Waals surface area contributed by atoms with E-state index in [1.807, 2.05) is 13.0 Å². The van der Waals surface area contributed by atoms with Crippen LogP contribution in [0.2, 0.25) is 0 Å². The van der Waals surface area contributed by atoms with Crippen molar-refractivity contribution in [2.24, 2.45) is 5.92 Å². The van der Waals surface area contributed by atoms with Crippen LogP contribution in [0.25, 0.3) is 0 Å². The number of aromatic amines is 1. The first kappa shape index (κ1) is 13.0. The molecule has 0 saturated heterocycles. The fourth-order valence-corrected chi connectivity index (χ4v) is 2.43. The molecule has 0 bridgehead atoms. The molecule has 5 heteroatoms. The second-order valence-electron chi connectivity index (χ2n) is 5.29. The predicted octanol–water partition coefficient (Wildman–Crippen LogP) is 3.38. The van der Waals surface area contributed by atoms with Crippen LogP contribution in [0.5, 0.6) is 5.75 Å². The fraction of sp³-hybridized carbons (Fsp3) is 0.400. The number of hydrogen-bond donors (Lipinski definition) is 3. The molecule has 3 rings (SSSR count). The summed E-state index contributed by atoms with van der Waals surface area (Å²) in [6, 6.07) is 5.93. The Kier molecular flexibility index (Phi) is 3.34. The highest BCUT2D eigenvalue weighted by Crippen LogP contribution is 2.45. The van der Waals surface area contributed by atoms with E-state index in [1.165, 1.54) is 18.2 Å². The fourth-order valence-electron chi connectivity index (χ4n) is 2.43. The van der Waals surface area contributed by atoms with Gasteiger partial charge in [0.2, 0.25) is 0 Å². The SMILES string of the molecule is CCc1cc(NC(c2cc(F)ccc2O)C2CC2)n[nH]1. The van der Waals surface area contributed by atoms with Gasteiger partial charge in [-0.1, -0.05) is 6.92 Å². The third-order valence-electron chi connectivity index (χ3n) is 3.73. The molecule has 1 fully saturated rings. The Bertz CT molecular complexity index is 607. The van der Waals surface area contributed by atoms with Gasteiger partial charge in [0.1, 0.15) is 17.4 Å². The normalized spacial score (nSPS) is 16.1. The van der Waals surface area contributed by atoms with Crippen molar-refractivity contribution in [1.82, 2.24) is 10.2 Å². The molecule has 4 nitrogen and oxygen atoms in total. The minimum Gasteiger partial charge on any atom is -0.508 e. The molecule has 1 saturated carbocycles. The number of aryl methyl sites for hydroxylation is 1. The lowest BCUT2D eigenvalue weighted by Gasteiger charge is -2.19. The first-order valence-corrected chi connectivity index (χ1v) is 6.96. The number of benzene rings is 1. The Morgan fingerprint density at radius 3 is 2.90 bits per heavy atom. The number of phenols is 1. The monoisotopic (exact) mass is 275 g/mol. The molecule has 1 aromatic carbocycles. The molecule has 1 heterocycles. The zero-order valence-electron chi connectivity index (χ0n) is 11.4. The summed E-state index contributed by atoms with van der Waals surface area (Å²) in [5, 5.41) is 20.4. The number of phenolic OH excluding ortho intramolecular Hbond substituents is 1. The average molecular weight is 275 g/mol. The van der Waals surface area contributed by atoms with E-state index in [-0.39, 0.29) is 17.6 Å². The average Bonchev–Trinajstić information content (AvgIpc) is 3.18. The molecule has 1 atom stereocenters. The molecule has 2 aromatic rings. The van der Waals surface area contributed by atoms with E-state index in [0.29, 0.717) is 11.5 Å². The maximum absolute atomic E-state index is 13.4. The zero-order valence-corrected chi connectivity index (χ0v) is 11.4. The molecule has 0 spiro atoms. The van der Waals surface area contributed by atoms with Gasteiger partial charge < -0.3 is 10.4 Å². The number of rotatable bonds is 5. The highest BCUT2D eigenvalue weighted by atomic mass is 19.1. The molecule has 0 amide bonds. The predicted molar refractivity (Wildman–Crippen MR) is 75.1 cm³/mol. The second-order valence-corrected chi connectivity index (χ2v) is 5.29. The van der Waals surface area contributed by atoms with Crippen molar-refractivity contribution in [3.05, 3.63) is 41.3 Å². The van der Waals surface area contributed by atoms with Gasteiger partial charge in [-0.05, 0) is 43.4 Å². The second kappa shape index (κ2) is 5.15. The summed E-state index contributed by atoms with van der Waals surface area (Å²) in [6.45, 7) is 2.05. The van der Waals surface area contributed by atoms with Crippen molar-refractivity contribution in [2.75, 3.05) is 5.32 Å². The third-order valence-corrected chi connectivity index (χ3v) is 3.73. The Balaban J connectivity index is 1.87. The van der Waals surface area contributed by atoms with Crippen molar-refractivity contribution in [3.63, 3.8) is 0 Å². The van der Waals surface area contributed by atoms with Crippen LogP contribution in [0.1, 0.15) is 37.1 Å². The summed E-state index contributed by atoms with van der Waals surface area (Å²) in [6.07, 6.45) is 3.05. The Hall–Kier alpha value is -2.04. The summed E-state index contributed by atoms with van der Waals surface area (Å²) >= 11 is 0. The first-order chi connectivity index (χ1) is 9.67. The number of halogens is 1. The van der Waals surface area contributed by atoms with Crippen molar-refractivity contribution in [3.8, 4) is 5.75 Å². The van der Waals surface area contributed by atoms with Crippen LogP contribution >= 0.6 is 0 Å². The topological polar surface area (TPSA) is 60.9 Å². The van der Waals surface area contributed by atoms with E-state index >= 15 is 0 Å². The zero-order chi connectivity index (χ0) is 14.1. The summed E-state index contributed by atoms with van der Waals surface area (Å²) in [4.78, 5) is 0. The number of aromatic nitrogens is 2. The Morgan fingerprint density at radius 2 is 2.25 bits per heavy atom. The molecule has 3 N–H and O–H groups in total. The van der Waals surface area contributed by atoms with E-state index in [0.717, 1.165) is 30.8 Å². The Labute approximate surface area is 117 Å². The van der Waals surface area contributed by atoms with Gasteiger partial charge in [0.05, 0.1) is 6.04 Å². The van der Waals surface area contributed by atoms with E-state index in [4.69, 9.17) is 0 Å². The van der Waals surface area contributed by atoms with Gasteiger partial charge in [0, 0.05) is 17.3 Å². The standard InChI is InChI=1S/C15H18FN3O/c1-2-11-8-14(19-18-11)17-15(9-3-4-9)12-7-10(16)5-6-13(12)20/h5-9,15,20H,2-4H2,1H3,(H2,17,18,19). The number of aromatic hydroxyl groups is 1. The molecule has 1 aromatic heterocycles. The molecule has 0 aliphatic heterocycles. The first-order valence-electron chi connectivity index (χ1n) is 6.96. The van der Waals surface area contributed by atoms with Crippen molar-refractivity contribution in [2.45, 2.75) is 32.2 Å². The van der Waals surface area contributed by atoms with Gasteiger partial charge in [-0.2, -0.15) is 5.10 Å². The lowest BCUT2D eigenvalue weighted by Crippen LogP contribution is -2.13.